The van der Waals surface area contributed by atoms with Gasteiger partial charge in [-0.2, -0.15) is 0 Å². The molecule has 1 unspecified atom stereocenters. The number of amides is 1. The lowest BCUT2D eigenvalue weighted by Crippen LogP contribution is -2.30. The summed E-state index contributed by atoms with van der Waals surface area (Å²) < 4.78 is 5.17. The van der Waals surface area contributed by atoms with Crippen molar-refractivity contribution >= 4 is 23.9 Å². The van der Waals surface area contributed by atoms with Gasteiger partial charge in [0.1, 0.15) is 6.29 Å². The lowest BCUT2D eigenvalue weighted by Gasteiger charge is -2.15. The number of carbonyl (C=O) groups excluding carboxylic acids is 3. The first-order chi connectivity index (χ1) is 11.4. The number of esters is 1. The molecular weight excluding hydrogens is 306 g/mol. The van der Waals surface area contributed by atoms with E-state index in [9.17, 15) is 14.4 Å². The van der Waals surface area contributed by atoms with Crippen LogP contribution >= 0.6 is 0 Å². The van der Waals surface area contributed by atoms with E-state index < -0.39 is 18.0 Å². The molecule has 1 N–H and O–H groups in total. The van der Waals surface area contributed by atoms with Crippen LogP contribution < -0.4 is 5.32 Å². The van der Waals surface area contributed by atoms with Gasteiger partial charge >= 0.3 is 5.97 Å². The Morgan fingerprint density at radius 3 is 2.33 bits per heavy atom. The van der Waals surface area contributed by atoms with Crippen LogP contribution in [0.1, 0.15) is 38.8 Å². The molecule has 0 aliphatic heterocycles. The summed E-state index contributed by atoms with van der Waals surface area (Å²) in [4.78, 5) is 34.8. The maximum absolute atomic E-state index is 12.2. The van der Waals surface area contributed by atoms with Gasteiger partial charge < -0.3 is 10.1 Å². The number of hydrogen-bond acceptors (Lipinski definition) is 4. The van der Waals surface area contributed by atoms with Crippen molar-refractivity contribution < 1.29 is 19.1 Å². The Hall–Kier alpha value is -2.95. The number of aryl methyl sites for hydroxylation is 2. The Morgan fingerprint density at radius 1 is 1.08 bits per heavy atom. The number of benzene rings is 2. The first kappa shape index (κ1) is 17.4. The highest BCUT2D eigenvalue weighted by molar-refractivity contribution is 5.97. The molecule has 0 fully saturated rings. The molecule has 2 aromatic carbocycles. The average molecular weight is 325 g/mol. The van der Waals surface area contributed by atoms with Gasteiger partial charge in [0.05, 0.1) is 5.56 Å². The van der Waals surface area contributed by atoms with Crippen molar-refractivity contribution in [2.45, 2.75) is 26.9 Å². The van der Waals surface area contributed by atoms with E-state index in [0.717, 1.165) is 11.1 Å². The second-order valence-electron chi connectivity index (χ2n) is 5.60. The van der Waals surface area contributed by atoms with E-state index in [4.69, 9.17) is 4.74 Å². The van der Waals surface area contributed by atoms with Crippen LogP contribution in [-0.2, 0) is 9.53 Å². The molecule has 24 heavy (non-hydrogen) atoms. The zero-order chi connectivity index (χ0) is 17.7. The highest BCUT2D eigenvalue weighted by Crippen LogP contribution is 2.16. The zero-order valence-corrected chi connectivity index (χ0v) is 13.8. The molecule has 0 aliphatic carbocycles. The number of ether oxygens (including phenoxy) is 1. The molecule has 0 bridgehead atoms. The summed E-state index contributed by atoms with van der Waals surface area (Å²) in [7, 11) is 0. The van der Waals surface area contributed by atoms with Crippen molar-refractivity contribution in [3.05, 3.63) is 64.7 Å². The van der Waals surface area contributed by atoms with Gasteiger partial charge in [0, 0.05) is 11.3 Å². The highest BCUT2D eigenvalue weighted by atomic mass is 16.5. The van der Waals surface area contributed by atoms with Gasteiger partial charge in [-0.1, -0.05) is 29.8 Å². The van der Waals surface area contributed by atoms with Crippen LogP contribution in [0, 0.1) is 13.8 Å². The molecule has 2 rings (SSSR count). The van der Waals surface area contributed by atoms with E-state index in [1.54, 1.807) is 0 Å². The first-order valence-electron chi connectivity index (χ1n) is 7.55. The van der Waals surface area contributed by atoms with E-state index in [0.29, 0.717) is 17.5 Å². The monoisotopic (exact) mass is 325 g/mol. The molecule has 1 atom stereocenters. The van der Waals surface area contributed by atoms with Crippen LogP contribution in [0.3, 0.4) is 0 Å². The molecule has 0 aliphatic rings. The van der Waals surface area contributed by atoms with E-state index >= 15 is 0 Å². The fourth-order valence-corrected chi connectivity index (χ4v) is 2.17. The Labute approximate surface area is 140 Å². The van der Waals surface area contributed by atoms with E-state index in [2.05, 4.69) is 5.32 Å². The summed E-state index contributed by atoms with van der Waals surface area (Å²) in [5.41, 5.74) is 3.47. The summed E-state index contributed by atoms with van der Waals surface area (Å²) in [6.45, 7) is 5.38. The normalized spacial score (nSPS) is 11.5. The SMILES string of the molecule is Cc1ccc(NC(=O)C(C)OC(=O)c2ccc(C=O)cc2)c(C)c1. The number of rotatable bonds is 5. The Bertz CT molecular complexity index is 765. The summed E-state index contributed by atoms with van der Waals surface area (Å²) in [5, 5.41) is 2.75. The Kier molecular flexibility index (Phi) is 5.47. The van der Waals surface area contributed by atoms with Gasteiger partial charge in [0.15, 0.2) is 6.10 Å². The van der Waals surface area contributed by atoms with Crippen molar-refractivity contribution in [2.75, 3.05) is 5.32 Å². The third kappa shape index (κ3) is 4.29. The van der Waals surface area contributed by atoms with Crippen molar-refractivity contribution in [1.29, 1.82) is 0 Å². The topological polar surface area (TPSA) is 72.5 Å². The standard InChI is InChI=1S/C19H19NO4/c1-12-4-9-17(13(2)10-12)20-18(22)14(3)24-19(23)16-7-5-15(11-21)6-8-16/h4-11,14H,1-3H3,(H,20,22). The molecule has 0 radical (unpaired) electrons. The second-order valence-corrected chi connectivity index (χ2v) is 5.60. The van der Waals surface area contributed by atoms with Crippen LogP contribution in [0.5, 0.6) is 0 Å². The molecule has 0 heterocycles. The van der Waals surface area contributed by atoms with Crippen molar-refractivity contribution in [2.24, 2.45) is 0 Å². The fraction of sp³-hybridized carbons (Fsp3) is 0.211. The van der Waals surface area contributed by atoms with Crippen LogP contribution in [0.4, 0.5) is 5.69 Å². The van der Waals surface area contributed by atoms with Crippen LogP contribution in [0.25, 0.3) is 0 Å². The minimum atomic E-state index is -0.941. The lowest BCUT2D eigenvalue weighted by molar-refractivity contribution is -0.123. The lowest BCUT2D eigenvalue weighted by atomic mass is 10.1. The summed E-state index contributed by atoms with van der Waals surface area (Å²) in [5.74, 6) is -1.02. The minimum absolute atomic E-state index is 0.284. The molecule has 124 valence electrons. The van der Waals surface area contributed by atoms with E-state index in [1.807, 2.05) is 32.0 Å². The van der Waals surface area contributed by atoms with E-state index in [-0.39, 0.29) is 5.56 Å². The van der Waals surface area contributed by atoms with E-state index in [1.165, 1.54) is 31.2 Å². The van der Waals surface area contributed by atoms with Crippen LogP contribution in [-0.4, -0.2) is 24.3 Å². The van der Waals surface area contributed by atoms with Crippen molar-refractivity contribution in [1.82, 2.24) is 0 Å². The van der Waals surface area contributed by atoms with Gasteiger partial charge in [-0.25, -0.2) is 4.79 Å². The Morgan fingerprint density at radius 2 is 1.75 bits per heavy atom. The molecule has 0 saturated heterocycles. The molecule has 5 heteroatoms. The largest absolute Gasteiger partial charge is 0.449 e. The van der Waals surface area contributed by atoms with Gasteiger partial charge in [0.2, 0.25) is 0 Å². The number of nitrogens with one attached hydrogen (secondary N) is 1. The zero-order valence-electron chi connectivity index (χ0n) is 13.8. The number of hydrogen-bond donors (Lipinski definition) is 1. The molecule has 1 amide bonds. The third-order valence-corrected chi connectivity index (χ3v) is 3.58. The van der Waals surface area contributed by atoms with Crippen molar-refractivity contribution in [3.63, 3.8) is 0 Å². The summed E-state index contributed by atoms with van der Waals surface area (Å²) in [6.07, 6.45) is -0.251. The highest BCUT2D eigenvalue weighted by Gasteiger charge is 2.19. The molecule has 0 spiro atoms. The average Bonchev–Trinajstić information content (AvgIpc) is 2.57. The number of carbonyl (C=O) groups is 3. The second kappa shape index (κ2) is 7.55. The molecule has 2 aromatic rings. The molecule has 0 saturated carbocycles. The molecule has 5 nitrogen and oxygen atoms in total. The third-order valence-electron chi connectivity index (χ3n) is 3.58. The predicted octanol–water partition coefficient (Wildman–Crippen LogP) is 3.30. The van der Waals surface area contributed by atoms with Gasteiger partial charge in [-0.3, -0.25) is 9.59 Å². The van der Waals surface area contributed by atoms with Gasteiger partial charge in [0.25, 0.3) is 5.91 Å². The fourth-order valence-electron chi connectivity index (χ4n) is 2.17. The van der Waals surface area contributed by atoms with Gasteiger partial charge in [-0.05, 0) is 44.5 Å². The summed E-state index contributed by atoms with van der Waals surface area (Å²) >= 11 is 0. The molecular formula is C19H19NO4. The number of aldehydes is 1. The van der Waals surface area contributed by atoms with Gasteiger partial charge in [-0.15, -0.1) is 0 Å². The summed E-state index contributed by atoms with van der Waals surface area (Å²) in [6, 6.07) is 11.7. The van der Waals surface area contributed by atoms with Crippen LogP contribution in [0.2, 0.25) is 0 Å². The maximum Gasteiger partial charge on any atom is 0.338 e. The maximum atomic E-state index is 12.2. The Balaban J connectivity index is 1.99. The quantitative estimate of drug-likeness (QED) is 0.676. The smallest absolute Gasteiger partial charge is 0.338 e. The predicted molar refractivity (Wildman–Crippen MR) is 91.3 cm³/mol. The molecule has 0 aromatic heterocycles. The first-order valence-corrected chi connectivity index (χ1v) is 7.55. The number of anilines is 1. The van der Waals surface area contributed by atoms with Crippen LogP contribution in [0.15, 0.2) is 42.5 Å². The van der Waals surface area contributed by atoms with Crippen molar-refractivity contribution in [3.8, 4) is 0 Å². The minimum Gasteiger partial charge on any atom is -0.449 e.